The van der Waals surface area contributed by atoms with E-state index < -0.39 is 0 Å². The highest BCUT2D eigenvalue weighted by atomic mass is 16.1. The van der Waals surface area contributed by atoms with E-state index in [1.165, 1.54) is 24.9 Å². The lowest BCUT2D eigenvalue weighted by atomic mass is 10.1. The summed E-state index contributed by atoms with van der Waals surface area (Å²) in [5.74, 6) is 0.823. The number of anilines is 4. The zero-order valence-electron chi connectivity index (χ0n) is 13.0. The molecule has 0 unspecified atom stereocenters. The molecule has 1 N–H and O–H groups in total. The van der Waals surface area contributed by atoms with E-state index in [4.69, 9.17) is 0 Å². The maximum Gasteiger partial charge on any atom is 0.214 e. The van der Waals surface area contributed by atoms with Crippen LogP contribution in [0.15, 0.2) is 36.5 Å². The van der Waals surface area contributed by atoms with Gasteiger partial charge in [0.2, 0.25) is 6.41 Å². The van der Waals surface area contributed by atoms with E-state index in [1.54, 1.807) is 11.1 Å². The van der Waals surface area contributed by atoms with Crippen molar-refractivity contribution in [3.8, 4) is 0 Å². The van der Waals surface area contributed by atoms with Gasteiger partial charge in [0.15, 0.2) is 0 Å². The second-order valence-corrected chi connectivity index (χ2v) is 6.12. The summed E-state index contributed by atoms with van der Waals surface area (Å²) in [7, 11) is 0. The Hall–Kier alpha value is -2.56. The maximum absolute atomic E-state index is 11.6. The molecule has 118 valence electrons. The fourth-order valence-electron chi connectivity index (χ4n) is 3.38. The van der Waals surface area contributed by atoms with Gasteiger partial charge in [-0.25, -0.2) is 4.98 Å². The molecule has 0 radical (unpaired) electrons. The zero-order valence-corrected chi connectivity index (χ0v) is 13.0. The molecule has 0 spiro atoms. The molecule has 1 saturated heterocycles. The Morgan fingerprint density at radius 2 is 2.00 bits per heavy atom. The first-order valence-electron chi connectivity index (χ1n) is 8.17. The summed E-state index contributed by atoms with van der Waals surface area (Å²) in [4.78, 5) is 20.2. The molecular weight excluding hydrogens is 288 g/mol. The van der Waals surface area contributed by atoms with E-state index in [-0.39, 0.29) is 0 Å². The molecule has 0 bridgehead atoms. The van der Waals surface area contributed by atoms with Gasteiger partial charge >= 0.3 is 0 Å². The Morgan fingerprint density at radius 3 is 2.83 bits per heavy atom. The lowest BCUT2D eigenvalue weighted by Gasteiger charge is -2.30. The van der Waals surface area contributed by atoms with Crippen LogP contribution in [0.25, 0.3) is 0 Å². The number of amides is 1. The van der Waals surface area contributed by atoms with Crippen molar-refractivity contribution < 1.29 is 4.79 Å². The largest absolute Gasteiger partial charge is 0.371 e. The number of nitrogens with one attached hydrogen (secondary N) is 1. The lowest BCUT2D eigenvalue weighted by molar-refractivity contribution is -0.107. The lowest BCUT2D eigenvalue weighted by Crippen LogP contribution is -2.29. The first kappa shape index (κ1) is 14.1. The van der Waals surface area contributed by atoms with Gasteiger partial charge in [0.1, 0.15) is 5.82 Å². The first-order valence-corrected chi connectivity index (χ1v) is 8.17. The number of carbonyl (C=O) groups is 1. The summed E-state index contributed by atoms with van der Waals surface area (Å²) in [5, 5.41) is 3.37. The highest BCUT2D eigenvalue weighted by molar-refractivity contribution is 5.89. The molecule has 1 fully saturated rings. The number of piperidine rings is 1. The molecule has 2 aromatic rings. The van der Waals surface area contributed by atoms with Gasteiger partial charge in [0.25, 0.3) is 0 Å². The summed E-state index contributed by atoms with van der Waals surface area (Å²) >= 11 is 0. The Kier molecular flexibility index (Phi) is 3.61. The number of benzene rings is 1. The maximum atomic E-state index is 11.6. The Bertz CT molecular complexity index is 725. The minimum atomic E-state index is 0.538. The third kappa shape index (κ3) is 2.63. The van der Waals surface area contributed by atoms with Gasteiger partial charge in [-0.05, 0) is 43.5 Å². The SMILES string of the molecule is O=CN1Cc2cccnc2Nc2ccc(N3CCCCC3)cc21. The molecule has 3 heterocycles. The third-order valence-corrected chi connectivity index (χ3v) is 4.62. The molecule has 1 aromatic heterocycles. The normalized spacial score (nSPS) is 16.9. The van der Waals surface area contributed by atoms with Gasteiger partial charge in [0.05, 0.1) is 17.9 Å². The minimum absolute atomic E-state index is 0.538. The van der Waals surface area contributed by atoms with Crippen molar-refractivity contribution in [3.05, 3.63) is 42.1 Å². The van der Waals surface area contributed by atoms with Gasteiger partial charge in [-0.2, -0.15) is 0 Å². The van der Waals surface area contributed by atoms with Crippen molar-refractivity contribution in [1.82, 2.24) is 4.98 Å². The van der Waals surface area contributed by atoms with Crippen molar-refractivity contribution >= 4 is 29.3 Å². The van der Waals surface area contributed by atoms with Crippen LogP contribution in [0.1, 0.15) is 24.8 Å². The van der Waals surface area contributed by atoms with E-state index in [2.05, 4.69) is 33.4 Å². The molecule has 1 amide bonds. The van der Waals surface area contributed by atoms with E-state index in [1.807, 2.05) is 12.1 Å². The molecule has 0 saturated carbocycles. The number of pyridine rings is 1. The predicted molar refractivity (Wildman–Crippen MR) is 92.3 cm³/mol. The molecule has 1 aromatic carbocycles. The second kappa shape index (κ2) is 5.91. The van der Waals surface area contributed by atoms with Crippen molar-refractivity contribution in [1.29, 1.82) is 0 Å². The average Bonchev–Trinajstić information content (AvgIpc) is 2.78. The van der Waals surface area contributed by atoms with Crippen LogP contribution in [0.2, 0.25) is 0 Å². The minimum Gasteiger partial charge on any atom is -0.371 e. The topological polar surface area (TPSA) is 48.5 Å². The van der Waals surface area contributed by atoms with E-state index in [0.29, 0.717) is 6.54 Å². The van der Waals surface area contributed by atoms with Gasteiger partial charge in [-0.1, -0.05) is 6.07 Å². The number of carbonyl (C=O) groups excluding carboxylic acids is 1. The average molecular weight is 308 g/mol. The summed E-state index contributed by atoms with van der Waals surface area (Å²) in [6.45, 7) is 2.72. The summed E-state index contributed by atoms with van der Waals surface area (Å²) < 4.78 is 0. The Balaban J connectivity index is 1.73. The van der Waals surface area contributed by atoms with Gasteiger partial charge in [0, 0.05) is 30.5 Å². The van der Waals surface area contributed by atoms with Crippen molar-refractivity contribution in [2.75, 3.05) is 28.2 Å². The molecule has 0 aliphatic carbocycles. The van der Waals surface area contributed by atoms with Crippen LogP contribution in [0.3, 0.4) is 0 Å². The summed E-state index contributed by atoms with van der Waals surface area (Å²) in [5.41, 5.74) is 4.06. The van der Waals surface area contributed by atoms with Crippen LogP contribution in [0.4, 0.5) is 22.9 Å². The molecule has 5 heteroatoms. The van der Waals surface area contributed by atoms with Crippen molar-refractivity contribution in [2.24, 2.45) is 0 Å². The quantitative estimate of drug-likeness (QED) is 0.865. The zero-order chi connectivity index (χ0) is 15.6. The highest BCUT2D eigenvalue weighted by Gasteiger charge is 2.21. The number of nitrogens with zero attached hydrogens (tertiary/aromatic N) is 3. The summed E-state index contributed by atoms with van der Waals surface area (Å²) in [6.07, 6.45) is 6.46. The Morgan fingerprint density at radius 1 is 1.13 bits per heavy atom. The van der Waals surface area contributed by atoms with Crippen molar-refractivity contribution in [3.63, 3.8) is 0 Å². The van der Waals surface area contributed by atoms with Crippen LogP contribution in [0, 0.1) is 0 Å². The first-order chi connectivity index (χ1) is 11.3. The fourth-order valence-corrected chi connectivity index (χ4v) is 3.38. The number of rotatable bonds is 2. The van der Waals surface area contributed by atoms with E-state index >= 15 is 0 Å². The van der Waals surface area contributed by atoms with Crippen LogP contribution < -0.4 is 15.1 Å². The van der Waals surface area contributed by atoms with Crippen LogP contribution in [-0.4, -0.2) is 24.5 Å². The number of hydrogen-bond acceptors (Lipinski definition) is 4. The third-order valence-electron chi connectivity index (χ3n) is 4.62. The molecule has 0 atom stereocenters. The molecule has 4 rings (SSSR count). The molecule has 2 aliphatic heterocycles. The molecule has 5 nitrogen and oxygen atoms in total. The summed E-state index contributed by atoms with van der Waals surface area (Å²) in [6, 6.07) is 10.2. The van der Waals surface area contributed by atoms with Crippen LogP contribution >= 0.6 is 0 Å². The van der Waals surface area contributed by atoms with E-state index in [9.17, 15) is 4.79 Å². The monoisotopic (exact) mass is 308 g/mol. The van der Waals surface area contributed by atoms with Gasteiger partial charge < -0.3 is 15.1 Å². The van der Waals surface area contributed by atoms with Crippen LogP contribution in [-0.2, 0) is 11.3 Å². The van der Waals surface area contributed by atoms with Gasteiger partial charge in [-0.3, -0.25) is 4.79 Å². The van der Waals surface area contributed by atoms with Gasteiger partial charge in [-0.15, -0.1) is 0 Å². The highest BCUT2D eigenvalue weighted by Crippen LogP contribution is 2.37. The molecular formula is C18H20N4O. The number of hydrogen-bond donors (Lipinski definition) is 1. The number of fused-ring (bicyclic) bond motifs is 2. The Labute approximate surface area is 135 Å². The predicted octanol–water partition coefficient (Wildman–Crippen LogP) is 3.29. The van der Waals surface area contributed by atoms with Crippen molar-refractivity contribution in [2.45, 2.75) is 25.8 Å². The molecule has 23 heavy (non-hydrogen) atoms. The molecule has 2 aliphatic rings. The fraction of sp³-hybridized carbons (Fsp3) is 0.333. The second-order valence-electron chi connectivity index (χ2n) is 6.12. The van der Waals surface area contributed by atoms with E-state index in [0.717, 1.165) is 42.3 Å². The van der Waals surface area contributed by atoms with Crippen LogP contribution in [0.5, 0.6) is 0 Å². The smallest absolute Gasteiger partial charge is 0.214 e. The number of aromatic nitrogens is 1. The standard InChI is InChI=1S/C18H20N4O/c23-13-22-12-14-5-4-8-19-18(14)20-16-7-6-15(11-17(16)22)21-9-2-1-3-10-21/h4-8,11,13H,1-3,9-10,12H2,(H,19,20).